The van der Waals surface area contributed by atoms with E-state index < -0.39 is 5.97 Å². The summed E-state index contributed by atoms with van der Waals surface area (Å²) in [6.45, 7) is 4.45. The summed E-state index contributed by atoms with van der Waals surface area (Å²) < 4.78 is 5.59. The van der Waals surface area contributed by atoms with Crippen molar-refractivity contribution in [3.8, 4) is 11.5 Å². The molecule has 0 saturated heterocycles. The van der Waals surface area contributed by atoms with Crippen LogP contribution in [0.2, 0.25) is 0 Å². The molecule has 0 unspecified atom stereocenters. The highest BCUT2D eigenvalue weighted by molar-refractivity contribution is 14.1. The predicted molar refractivity (Wildman–Crippen MR) is 145 cm³/mol. The SMILES string of the molecule is CCCCCCCCCc1c(I)c(O)c(O)c(C(=O)OI)c1CCCCCCCCC. The fraction of sp³-hybridized carbons (Fsp3) is 0.720. The molecule has 0 heterocycles. The third kappa shape index (κ3) is 10.0. The molecular weight excluding hydrogens is 618 g/mol. The van der Waals surface area contributed by atoms with Crippen molar-refractivity contribution in [3.63, 3.8) is 0 Å². The lowest BCUT2D eigenvalue weighted by Gasteiger charge is -2.18. The Kier molecular flexibility index (Phi) is 16.0. The van der Waals surface area contributed by atoms with Gasteiger partial charge in [0.05, 0.1) is 3.57 Å². The normalized spacial score (nSPS) is 11.1. The first-order valence-corrected chi connectivity index (χ1v) is 14.0. The van der Waals surface area contributed by atoms with Crippen molar-refractivity contribution in [2.75, 3.05) is 0 Å². The average molecular weight is 658 g/mol. The number of rotatable bonds is 17. The lowest BCUT2D eigenvalue weighted by Crippen LogP contribution is -2.10. The standard InChI is InChI=1S/C25H40I2O4/c1-3-5-7-9-11-13-15-17-19-20(18-16-14-12-10-8-6-4-2)22(26)24(29)23(28)21(19)25(30)31-27/h28-29H,3-18H2,1-2H3. The molecule has 0 saturated carbocycles. The third-order valence-corrected chi connectivity index (χ3v) is 7.50. The van der Waals surface area contributed by atoms with Crippen LogP contribution in [0.3, 0.4) is 0 Å². The van der Waals surface area contributed by atoms with E-state index in [1.54, 1.807) is 23.0 Å². The van der Waals surface area contributed by atoms with Gasteiger partial charge in [-0.3, -0.25) is 0 Å². The van der Waals surface area contributed by atoms with Crippen molar-refractivity contribution < 1.29 is 18.1 Å². The number of carbonyl (C=O) groups excluding carboxylic acids is 1. The van der Waals surface area contributed by atoms with Crippen LogP contribution >= 0.6 is 45.6 Å². The summed E-state index contributed by atoms with van der Waals surface area (Å²) in [5.41, 5.74) is 2.02. The molecule has 4 nitrogen and oxygen atoms in total. The summed E-state index contributed by atoms with van der Waals surface area (Å²) in [5.74, 6) is -1.12. The van der Waals surface area contributed by atoms with Crippen molar-refractivity contribution in [2.24, 2.45) is 0 Å². The van der Waals surface area contributed by atoms with Crippen LogP contribution in [0.5, 0.6) is 11.5 Å². The van der Waals surface area contributed by atoms with E-state index in [1.807, 2.05) is 0 Å². The fourth-order valence-electron chi connectivity index (χ4n) is 4.10. The number of benzene rings is 1. The maximum absolute atomic E-state index is 12.5. The van der Waals surface area contributed by atoms with Gasteiger partial charge in [-0.2, -0.15) is 0 Å². The largest absolute Gasteiger partial charge is 0.504 e. The first-order chi connectivity index (χ1) is 15.0. The molecule has 1 aromatic carbocycles. The second-order valence-electron chi connectivity index (χ2n) is 8.45. The first kappa shape index (κ1) is 28.8. The maximum Gasteiger partial charge on any atom is 0.351 e. The second kappa shape index (κ2) is 17.3. The minimum atomic E-state index is -0.580. The van der Waals surface area contributed by atoms with Crippen LogP contribution in [-0.2, 0) is 15.9 Å². The number of unbranched alkanes of at least 4 members (excludes halogenated alkanes) is 12. The molecule has 0 atom stereocenters. The van der Waals surface area contributed by atoms with Gasteiger partial charge in [-0.1, -0.05) is 90.9 Å². The molecule has 0 amide bonds. The zero-order chi connectivity index (χ0) is 23.1. The molecule has 0 spiro atoms. The van der Waals surface area contributed by atoms with Gasteiger partial charge < -0.3 is 13.3 Å². The number of hydrogen-bond donors (Lipinski definition) is 2. The van der Waals surface area contributed by atoms with Gasteiger partial charge in [-0.15, -0.1) is 0 Å². The van der Waals surface area contributed by atoms with E-state index >= 15 is 0 Å². The van der Waals surface area contributed by atoms with E-state index in [0.717, 1.165) is 49.7 Å². The minimum absolute atomic E-state index is 0.149. The Bertz CT molecular complexity index is 662. The van der Waals surface area contributed by atoms with E-state index in [9.17, 15) is 15.0 Å². The van der Waals surface area contributed by atoms with Gasteiger partial charge in [0, 0.05) is 0 Å². The van der Waals surface area contributed by atoms with Crippen LogP contribution in [0, 0.1) is 3.57 Å². The molecular formula is C25H40I2O4. The minimum Gasteiger partial charge on any atom is -0.504 e. The summed E-state index contributed by atoms with van der Waals surface area (Å²) in [5, 5.41) is 21.0. The molecule has 0 bridgehead atoms. The van der Waals surface area contributed by atoms with E-state index in [-0.39, 0.29) is 17.1 Å². The van der Waals surface area contributed by atoms with E-state index in [2.05, 4.69) is 36.4 Å². The Hall–Kier alpha value is -0.250. The lowest BCUT2D eigenvalue weighted by atomic mass is 9.91. The predicted octanol–water partition coefficient (Wildman–Crippen LogP) is 8.80. The number of carbonyl (C=O) groups is 1. The van der Waals surface area contributed by atoms with Crippen LogP contribution in [0.1, 0.15) is 125 Å². The van der Waals surface area contributed by atoms with Crippen molar-refractivity contribution in [1.82, 2.24) is 0 Å². The van der Waals surface area contributed by atoms with Crippen molar-refractivity contribution in [2.45, 2.75) is 117 Å². The molecule has 6 heteroatoms. The fourth-order valence-corrected chi connectivity index (χ4v) is 5.18. The van der Waals surface area contributed by atoms with E-state index in [0.29, 0.717) is 3.57 Å². The van der Waals surface area contributed by atoms with Gasteiger partial charge in [-0.05, 0) is 59.4 Å². The second-order valence-corrected chi connectivity index (χ2v) is 9.97. The van der Waals surface area contributed by atoms with Crippen LogP contribution in [0.4, 0.5) is 0 Å². The summed E-state index contributed by atoms with van der Waals surface area (Å²) in [6.07, 6.45) is 18.4. The molecule has 1 aromatic rings. The maximum atomic E-state index is 12.5. The first-order valence-electron chi connectivity index (χ1n) is 12.1. The van der Waals surface area contributed by atoms with Crippen molar-refractivity contribution in [1.29, 1.82) is 0 Å². The molecule has 0 fully saturated rings. The smallest absolute Gasteiger partial charge is 0.351 e. The summed E-state index contributed by atoms with van der Waals surface area (Å²) in [4.78, 5) is 12.5. The van der Waals surface area contributed by atoms with E-state index in [1.165, 1.54) is 64.2 Å². The Morgan fingerprint density at radius 3 is 1.58 bits per heavy atom. The molecule has 1 rings (SSSR count). The molecule has 0 radical (unpaired) electrons. The molecule has 31 heavy (non-hydrogen) atoms. The monoisotopic (exact) mass is 658 g/mol. The summed E-state index contributed by atoms with van der Waals surface area (Å²) >= 11 is 3.66. The van der Waals surface area contributed by atoms with Gasteiger partial charge in [-0.25, -0.2) is 4.79 Å². The van der Waals surface area contributed by atoms with Gasteiger partial charge in [0.25, 0.3) is 0 Å². The van der Waals surface area contributed by atoms with Gasteiger partial charge in [0.2, 0.25) is 0 Å². The highest BCUT2D eigenvalue weighted by atomic mass is 127. The molecule has 0 aliphatic heterocycles. The average Bonchev–Trinajstić information content (AvgIpc) is 2.77. The van der Waals surface area contributed by atoms with Gasteiger partial charge in [0.1, 0.15) is 5.56 Å². The Balaban J connectivity index is 2.89. The molecule has 178 valence electrons. The number of phenolic OH excluding ortho intramolecular Hbond substituents is 2. The highest BCUT2D eigenvalue weighted by Gasteiger charge is 2.27. The summed E-state index contributed by atoms with van der Waals surface area (Å²) in [6, 6.07) is 0. The van der Waals surface area contributed by atoms with Crippen molar-refractivity contribution >= 4 is 51.6 Å². The highest BCUT2D eigenvalue weighted by Crippen LogP contribution is 2.41. The Morgan fingerprint density at radius 2 is 1.13 bits per heavy atom. The lowest BCUT2D eigenvalue weighted by molar-refractivity contribution is 0.0795. The van der Waals surface area contributed by atoms with Crippen LogP contribution in [0.25, 0.3) is 0 Å². The zero-order valence-electron chi connectivity index (χ0n) is 19.3. The quantitative estimate of drug-likeness (QED) is 0.0998. The molecule has 0 aliphatic rings. The number of hydrogen-bond acceptors (Lipinski definition) is 4. The Morgan fingerprint density at radius 1 is 0.710 bits per heavy atom. The van der Waals surface area contributed by atoms with Crippen LogP contribution in [0.15, 0.2) is 0 Å². The third-order valence-electron chi connectivity index (χ3n) is 5.93. The molecule has 0 aliphatic carbocycles. The number of phenols is 2. The number of halogens is 2. The van der Waals surface area contributed by atoms with Crippen LogP contribution in [-0.4, -0.2) is 16.2 Å². The summed E-state index contributed by atoms with van der Waals surface area (Å²) in [7, 11) is 0. The Labute approximate surface area is 216 Å². The molecule has 2 N–H and O–H groups in total. The zero-order valence-corrected chi connectivity index (χ0v) is 23.6. The van der Waals surface area contributed by atoms with Crippen molar-refractivity contribution in [3.05, 3.63) is 20.3 Å². The number of aromatic hydroxyl groups is 2. The topological polar surface area (TPSA) is 66.8 Å². The molecule has 0 aromatic heterocycles. The van der Waals surface area contributed by atoms with Crippen LogP contribution < -0.4 is 0 Å². The van der Waals surface area contributed by atoms with Gasteiger partial charge >= 0.3 is 5.97 Å². The van der Waals surface area contributed by atoms with E-state index in [4.69, 9.17) is 3.07 Å². The van der Waals surface area contributed by atoms with Gasteiger partial charge in [0.15, 0.2) is 34.5 Å².